The molecule has 0 saturated heterocycles. The van der Waals surface area contributed by atoms with Crippen LogP contribution in [0, 0.1) is 11.2 Å². The molecule has 6 heteroatoms. The number of benzene rings is 1. The molecule has 0 radical (unpaired) electrons. The van der Waals surface area contributed by atoms with Crippen LogP contribution in [0.4, 0.5) is 10.1 Å². The van der Waals surface area contributed by atoms with E-state index in [9.17, 15) is 14.0 Å². The van der Waals surface area contributed by atoms with Crippen LogP contribution in [-0.2, 0) is 4.79 Å². The van der Waals surface area contributed by atoms with Crippen molar-refractivity contribution in [3.05, 3.63) is 29.6 Å². The van der Waals surface area contributed by atoms with Crippen molar-refractivity contribution in [1.82, 2.24) is 0 Å². The number of rotatable bonds is 4. The largest absolute Gasteiger partial charge is 0.478 e. The van der Waals surface area contributed by atoms with Crippen molar-refractivity contribution in [2.45, 2.75) is 32.1 Å². The van der Waals surface area contributed by atoms with Gasteiger partial charge in [0.1, 0.15) is 5.82 Å². The molecule has 4 N–H and O–H groups in total. The molecular weight excluding hydrogens is 275 g/mol. The number of halogens is 1. The lowest BCUT2D eigenvalue weighted by Gasteiger charge is -2.34. The number of carboxylic acids is 1. The number of amides is 1. The second-order valence-electron chi connectivity index (χ2n) is 5.49. The maximum absolute atomic E-state index is 13.1. The van der Waals surface area contributed by atoms with E-state index in [0.717, 1.165) is 31.4 Å². The van der Waals surface area contributed by atoms with Gasteiger partial charge in [0, 0.05) is 6.54 Å². The molecule has 1 aliphatic rings. The number of carboxylic acid groups (broad SMARTS) is 1. The average molecular weight is 294 g/mol. The van der Waals surface area contributed by atoms with E-state index in [0.29, 0.717) is 12.8 Å². The Bertz CT molecular complexity index is 554. The van der Waals surface area contributed by atoms with Crippen LogP contribution < -0.4 is 11.1 Å². The van der Waals surface area contributed by atoms with E-state index in [2.05, 4.69) is 5.32 Å². The molecule has 1 aromatic rings. The minimum Gasteiger partial charge on any atom is -0.478 e. The van der Waals surface area contributed by atoms with E-state index in [-0.39, 0.29) is 23.7 Å². The third-order valence-electron chi connectivity index (χ3n) is 4.14. The van der Waals surface area contributed by atoms with Crippen molar-refractivity contribution in [3.8, 4) is 0 Å². The molecule has 1 amide bonds. The first-order valence-corrected chi connectivity index (χ1v) is 7.03. The monoisotopic (exact) mass is 294 g/mol. The van der Waals surface area contributed by atoms with Gasteiger partial charge in [0.05, 0.1) is 16.7 Å². The van der Waals surface area contributed by atoms with Gasteiger partial charge in [-0.05, 0) is 31.0 Å². The van der Waals surface area contributed by atoms with E-state index in [4.69, 9.17) is 10.8 Å². The Morgan fingerprint density at radius 3 is 2.52 bits per heavy atom. The molecule has 1 aliphatic carbocycles. The van der Waals surface area contributed by atoms with Gasteiger partial charge in [-0.1, -0.05) is 19.3 Å². The van der Waals surface area contributed by atoms with Crippen LogP contribution >= 0.6 is 0 Å². The summed E-state index contributed by atoms with van der Waals surface area (Å²) in [5, 5.41) is 11.7. The molecule has 0 heterocycles. The van der Waals surface area contributed by atoms with Gasteiger partial charge in [0.2, 0.25) is 5.91 Å². The molecule has 0 spiro atoms. The van der Waals surface area contributed by atoms with Crippen LogP contribution in [-0.4, -0.2) is 23.5 Å². The molecule has 1 fully saturated rings. The summed E-state index contributed by atoms with van der Waals surface area (Å²) in [7, 11) is 0. The predicted octanol–water partition coefficient (Wildman–Crippen LogP) is 2.37. The topological polar surface area (TPSA) is 92.4 Å². The Morgan fingerprint density at radius 1 is 1.29 bits per heavy atom. The second kappa shape index (κ2) is 6.22. The summed E-state index contributed by atoms with van der Waals surface area (Å²) in [6, 6.07) is 3.29. The number of nitrogens with two attached hydrogens (primary N) is 1. The van der Waals surface area contributed by atoms with E-state index < -0.39 is 17.2 Å². The van der Waals surface area contributed by atoms with Gasteiger partial charge in [-0.3, -0.25) is 4.79 Å². The highest BCUT2D eigenvalue weighted by Gasteiger charge is 2.38. The van der Waals surface area contributed by atoms with E-state index in [1.807, 2.05) is 0 Å². The third kappa shape index (κ3) is 3.21. The van der Waals surface area contributed by atoms with Crippen LogP contribution in [0.1, 0.15) is 42.5 Å². The van der Waals surface area contributed by atoms with Crippen molar-refractivity contribution in [1.29, 1.82) is 0 Å². The van der Waals surface area contributed by atoms with Crippen molar-refractivity contribution >= 4 is 17.6 Å². The number of carbonyl (C=O) groups is 2. The Hall–Kier alpha value is -1.95. The number of aromatic carboxylic acids is 1. The fourth-order valence-corrected chi connectivity index (χ4v) is 2.81. The molecule has 0 aromatic heterocycles. The molecule has 114 valence electrons. The third-order valence-corrected chi connectivity index (χ3v) is 4.14. The molecule has 5 nitrogen and oxygen atoms in total. The highest BCUT2D eigenvalue weighted by atomic mass is 19.1. The molecule has 21 heavy (non-hydrogen) atoms. The van der Waals surface area contributed by atoms with E-state index in [1.54, 1.807) is 0 Å². The highest BCUT2D eigenvalue weighted by Crippen LogP contribution is 2.36. The van der Waals surface area contributed by atoms with Crippen LogP contribution in [0.5, 0.6) is 0 Å². The predicted molar refractivity (Wildman–Crippen MR) is 76.6 cm³/mol. The Morgan fingerprint density at radius 2 is 1.95 bits per heavy atom. The second-order valence-corrected chi connectivity index (χ2v) is 5.49. The van der Waals surface area contributed by atoms with Gasteiger partial charge in [-0.25, -0.2) is 9.18 Å². The molecule has 0 aliphatic heterocycles. The van der Waals surface area contributed by atoms with Crippen molar-refractivity contribution < 1.29 is 19.1 Å². The number of carbonyl (C=O) groups excluding carboxylic acids is 1. The average Bonchev–Trinajstić information content (AvgIpc) is 2.49. The SMILES string of the molecule is NCC1(C(=O)Nc2ccc(F)cc2C(=O)O)CCCCC1. The number of hydrogen-bond donors (Lipinski definition) is 3. The summed E-state index contributed by atoms with van der Waals surface area (Å²) in [5.74, 6) is -2.22. The normalized spacial score (nSPS) is 17.2. The molecule has 0 atom stereocenters. The highest BCUT2D eigenvalue weighted by molar-refractivity contribution is 6.02. The lowest BCUT2D eigenvalue weighted by Crippen LogP contribution is -2.44. The molecule has 1 saturated carbocycles. The molecular formula is C15H19FN2O3. The number of hydrogen-bond acceptors (Lipinski definition) is 3. The maximum atomic E-state index is 13.1. The minimum atomic E-state index is -1.28. The number of anilines is 1. The maximum Gasteiger partial charge on any atom is 0.337 e. The lowest BCUT2D eigenvalue weighted by molar-refractivity contribution is -0.126. The first-order chi connectivity index (χ1) is 9.98. The summed E-state index contributed by atoms with van der Waals surface area (Å²) >= 11 is 0. The Kier molecular flexibility index (Phi) is 4.57. The standard InChI is InChI=1S/C15H19FN2O3/c16-10-4-5-12(11(8-10)13(19)20)18-14(21)15(9-17)6-2-1-3-7-15/h4-5,8H,1-3,6-7,9,17H2,(H,18,21)(H,19,20). The summed E-state index contributed by atoms with van der Waals surface area (Å²) in [6.45, 7) is 0.225. The van der Waals surface area contributed by atoms with Gasteiger partial charge in [0.15, 0.2) is 0 Å². The minimum absolute atomic E-state index is 0.104. The van der Waals surface area contributed by atoms with Gasteiger partial charge in [-0.2, -0.15) is 0 Å². The van der Waals surface area contributed by atoms with Gasteiger partial charge in [-0.15, -0.1) is 0 Å². The quantitative estimate of drug-likeness (QED) is 0.795. The van der Waals surface area contributed by atoms with Crippen LogP contribution in [0.15, 0.2) is 18.2 Å². The van der Waals surface area contributed by atoms with E-state index >= 15 is 0 Å². The Labute approximate surface area is 122 Å². The van der Waals surface area contributed by atoms with Crippen molar-refractivity contribution in [2.24, 2.45) is 11.1 Å². The molecule has 0 bridgehead atoms. The van der Waals surface area contributed by atoms with Gasteiger partial charge >= 0.3 is 5.97 Å². The fraction of sp³-hybridized carbons (Fsp3) is 0.467. The molecule has 1 aromatic carbocycles. The summed E-state index contributed by atoms with van der Waals surface area (Å²) in [6.07, 6.45) is 4.32. The van der Waals surface area contributed by atoms with Gasteiger partial charge in [0.25, 0.3) is 0 Å². The molecule has 0 unspecified atom stereocenters. The van der Waals surface area contributed by atoms with Crippen molar-refractivity contribution in [2.75, 3.05) is 11.9 Å². The smallest absolute Gasteiger partial charge is 0.337 e. The summed E-state index contributed by atoms with van der Waals surface area (Å²) < 4.78 is 13.1. The number of nitrogens with one attached hydrogen (secondary N) is 1. The summed E-state index contributed by atoms with van der Waals surface area (Å²) in [5.41, 5.74) is 4.97. The van der Waals surface area contributed by atoms with Crippen LogP contribution in [0.2, 0.25) is 0 Å². The van der Waals surface area contributed by atoms with Crippen molar-refractivity contribution in [3.63, 3.8) is 0 Å². The zero-order valence-electron chi connectivity index (χ0n) is 11.7. The first-order valence-electron chi connectivity index (χ1n) is 7.03. The van der Waals surface area contributed by atoms with Crippen LogP contribution in [0.25, 0.3) is 0 Å². The zero-order chi connectivity index (χ0) is 15.5. The lowest BCUT2D eigenvalue weighted by atomic mass is 9.73. The fourth-order valence-electron chi connectivity index (χ4n) is 2.81. The summed E-state index contributed by atoms with van der Waals surface area (Å²) in [4.78, 5) is 23.6. The van der Waals surface area contributed by atoms with E-state index in [1.165, 1.54) is 6.07 Å². The molecule has 2 rings (SSSR count). The van der Waals surface area contributed by atoms with Crippen LogP contribution in [0.3, 0.4) is 0 Å². The first kappa shape index (κ1) is 15.4. The zero-order valence-corrected chi connectivity index (χ0v) is 11.7. The Balaban J connectivity index is 2.24. The van der Waals surface area contributed by atoms with Gasteiger partial charge < -0.3 is 16.2 Å².